The summed E-state index contributed by atoms with van der Waals surface area (Å²) in [7, 11) is 0. The van der Waals surface area contributed by atoms with Crippen molar-refractivity contribution >= 4 is 0 Å². The van der Waals surface area contributed by atoms with Crippen molar-refractivity contribution in [3.8, 4) is 11.6 Å². The van der Waals surface area contributed by atoms with Gasteiger partial charge >= 0.3 is 0 Å². The molecule has 0 spiro atoms. The number of rotatable bonds is 7. The van der Waals surface area contributed by atoms with Gasteiger partial charge < -0.3 is 10.1 Å². The Labute approximate surface area is 125 Å². The van der Waals surface area contributed by atoms with Crippen molar-refractivity contribution in [1.82, 2.24) is 10.3 Å². The molecule has 2 rings (SSSR count). The topological polar surface area (TPSA) is 34.1 Å². The van der Waals surface area contributed by atoms with E-state index >= 15 is 0 Å². The van der Waals surface area contributed by atoms with Gasteiger partial charge in [0.1, 0.15) is 11.6 Å². The Kier molecular flexibility index (Phi) is 5.69. The van der Waals surface area contributed by atoms with E-state index in [-0.39, 0.29) is 5.82 Å². The van der Waals surface area contributed by atoms with Crippen molar-refractivity contribution in [3.05, 3.63) is 53.5 Å². The molecule has 0 aliphatic carbocycles. The van der Waals surface area contributed by atoms with E-state index in [4.69, 9.17) is 4.74 Å². The van der Waals surface area contributed by atoms with Crippen molar-refractivity contribution in [2.24, 2.45) is 0 Å². The van der Waals surface area contributed by atoms with Crippen LogP contribution in [0.1, 0.15) is 31.4 Å². The van der Waals surface area contributed by atoms with Gasteiger partial charge in [0.05, 0.1) is 6.20 Å². The summed E-state index contributed by atoms with van der Waals surface area (Å²) in [6, 6.07) is 9.40. The van der Waals surface area contributed by atoms with E-state index in [1.807, 2.05) is 31.2 Å². The van der Waals surface area contributed by atoms with E-state index in [1.54, 1.807) is 0 Å². The summed E-state index contributed by atoms with van der Waals surface area (Å²) in [6.45, 7) is 5.49. The fraction of sp³-hybridized carbons (Fsp3) is 0.353. The van der Waals surface area contributed by atoms with Crippen molar-refractivity contribution in [2.75, 3.05) is 6.54 Å². The number of benzene rings is 1. The van der Waals surface area contributed by atoms with Gasteiger partial charge in [-0.25, -0.2) is 9.37 Å². The second kappa shape index (κ2) is 7.74. The zero-order chi connectivity index (χ0) is 15.1. The lowest BCUT2D eigenvalue weighted by molar-refractivity contribution is 0.449. The van der Waals surface area contributed by atoms with E-state index in [1.165, 1.54) is 17.8 Å². The first-order valence-corrected chi connectivity index (χ1v) is 7.34. The number of ether oxygens (including phenoxy) is 1. The molecule has 0 bridgehead atoms. The van der Waals surface area contributed by atoms with Gasteiger partial charge in [0.2, 0.25) is 5.88 Å². The summed E-state index contributed by atoms with van der Waals surface area (Å²) in [5.74, 6) is 0.806. The third-order valence-corrected chi connectivity index (χ3v) is 3.13. The molecule has 2 aromatic rings. The van der Waals surface area contributed by atoms with Crippen LogP contribution in [0.15, 0.2) is 36.5 Å². The molecule has 21 heavy (non-hydrogen) atoms. The molecule has 0 radical (unpaired) electrons. The van der Waals surface area contributed by atoms with Crippen molar-refractivity contribution in [1.29, 1.82) is 0 Å². The smallest absolute Gasteiger partial charge is 0.223 e. The van der Waals surface area contributed by atoms with Gasteiger partial charge in [-0.05, 0) is 36.7 Å². The maximum atomic E-state index is 13.3. The monoisotopic (exact) mass is 288 g/mol. The predicted octanol–water partition coefficient (Wildman–Crippen LogP) is 4.08. The highest BCUT2D eigenvalue weighted by Crippen LogP contribution is 2.24. The lowest BCUT2D eigenvalue weighted by Crippen LogP contribution is -2.13. The molecule has 0 amide bonds. The van der Waals surface area contributed by atoms with Gasteiger partial charge in [0, 0.05) is 12.1 Å². The molecule has 0 unspecified atom stereocenters. The van der Waals surface area contributed by atoms with Crippen LogP contribution >= 0.6 is 0 Å². The Hall–Kier alpha value is -1.94. The molecule has 0 aliphatic heterocycles. The van der Waals surface area contributed by atoms with Gasteiger partial charge in [-0.15, -0.1) is 0 Å². The standard InChI is InChI=1S/C17H21FN2O/c1-3-5-13-6-8-16(9-7-13)21-17-14(11-19-4-2)10-15(18)12-20-17/h6-10,12,19H,3-5,11H2,1-2H3. The summed E-state index contributed by atoms with van der Waals surface area (Å²) in [4.78, 5) is 4.05. The maximum absolute atomic E-state index is 13.3. The fourth-order valence-corrected chi connectivity index (χ4v) is 2.07. The molecule has 0 saturated heterocycles. The first kappa shape index (κ1) is 15.4. The normalized spacial score (nSPS) is 10.6. The molecule has 0 saturated carbocycles. The van der Waals surface area contributed by atoms with Gasteiger partial charge in [-0.2, -0.15) is 0 Å². The molecule has 3 nitrogen and oxygen atoms in total. The largest absolute Gasteiger partial charge is 0.439 e. The highest BCUT2D eigenvalue weighted by molar-refractivity contribution is 5.34. The molecule has 0 atom stereocenters. The number of aromatic nitrogens is 1. The third kappa shape index (κ3) is 4.53. The van der Waals surface area contributed by atoms with Crippen LogP contribution in [0.4, 0.5) is 4.39 Å². The van der Waals surface area contributed by atoms with Crippen molar-refractivity contribution in [2.45, 2.75) is 33.2 Å². The van der Waals surface area contributed by atoms with E-state index in [0.717, 1.165) is 24.9 Å². The first-order chi connectivity index (χ1) is 10.2. The average molecular weight is 288 g/mol. The summed E-state index contributed by atoms with van der Waals surface area (Å²) in [6.07, 6.45) is 3.35. The van der Waals surface area contributed by atoms with Crippen LogP contribution in [0, 0.1) is 5.82 Å². The number of hydrogen-bond donors (Lipinski definition) is 1. The molecule has 112 valence electrons. The Balaban J connectivity index is 2.14. The highest BCUT2D eigenvalue weighted by Gasteiger charge is 2.08. The Morgan fingerprint density at radius 1 is 1.19 bits per heavy atom. The van der Waals surface area contributed by atoms with Crippen LogP contribution in [0.2, 0.25) is 0 Å². The third-order valence-electron chi connectivity index (χ3n) is 3.13. The SMILES string of the molecule is CCCc1ccc(Oc2ncc(F)cc2CNCC)cc1. The minimum Gasteiger partial charge on any atom is -0.439 e. The molecule has 4 heteroatoms. The average Bonchev–Trinajstić information content (AvgIpc) is 2.49. The molecule has 1 aromatic carbocycles. The van der Waals surface area contributed by atoms with Gasteiger partial charge in [-0.3, -0.25) is 0 Å². The lowest BCUT2D eigenvalue weighted by Gasteiger charge is -2.11. The van der Waals surface area contributed by atoms with Crippen LogP contribution in [0.5, 0.6) is 11.6 Å². The summed E-state index contributed by atoms with van der Waals surface area (Å²) in [5, 5.41) is 3.16. The van der Waals surface area contributed by atoms with E-state index < -0.39 is 0 Å². The second-order valence-electron chi connectivity index (χ2n) is 4.89. The zero-order valence-electron chi connectivity index (χ0n) is 12.5. The van der Waals surface area contributed by atoms with E-state index in [0.29, 0.717) is 18.2 Å². The first-order valence-electron chi connectivity index (χ1n) is 7.34. The van der Waals surface area contributed by atoms with E-state index in [2.05, 4.69) is 17.2 Å². The number of nitrogens with one attached hydrogen (secondary N) is 1. The maximum Gasteiger partial charge on any atom is 0.223 e. The van der Waals surface area contributed by atoms with Crippen LogP contribution in [-0.2, 0) is 13.0 Å². The molecular formula is C17H21FN2O. The summed E-state index contributed by atoms with van der Waals surface area (Å²) in [5.41, 5.74) is 2.00. The summed E-state index contributed by atoms with van der Waals surface area (Å²) < 4.78 is 19.1. The van der Waals surface area contributed by atoms with Crippen molar-refractivity contribution < 1.29 is 9.13 Å². The van der Waals surface area contributed by atoms with E-state index in [9.17, 15) is 4.39 Å². The van der Waals surface area contributed by atoms with Gasteiger partial charge in [0.25, 0.3) is 0 Å². The Morgan fingerprint density at radius 2 is 1.95 bits per heavy atom. The fourth-order valence-electron chi connectivity index (χ4n) is 2.07. The molecule has 1 N–H and O–H groups in total. The predicted molar refractivity (Wildman–Crippen MR) is 82.1 cm³/mol. The molecular weight excluding hydrogens is 267 g/mol. The lowest BCUT2D eigenvalue weighted by atomic mass is 10.1. The number of hydrogen-bond acceptors (Lipinski definition) is 3. The number of pyridine rings is 1. The minimum absolute atomic E-state index is 0.353. The van der Waals surface area contributed by atoms with Gasteiger partial charge in [0.15, 0.2) is 0 Å². The Bertz CT molecular complexity index is 570. The second-order valence-corrected chi connectivity index (χ2v) is 4.89. The number of aryl methyl sites for hydroxylation is 1. The molecule has 1 heterocycles. The van der Waals surface area contributed by atoms with Crippen LogP contribution in [0.3, 0.4) is 0 Å². The molecule has 0 fully saturated rings. The molecule has 0 aliphatic rings. The quantitative estimate of drug-likeness (QED) is 0.833. The van der Waals surface area contributed by atoms with Crippen LogP contribution < -0.4 is 10.1 Å². The highest BCUT2D eigenvalue weighted by atomic mass is 19.1. The van der Waals surface area contributed by atoms with Crippen molar-refractivity contribution in [3.63, 3.8) is 0 Å². The Morgan fingerprint density at radius 3 is 2.62 bits per heavy atom. The van der Waals surface area contributed by atoms with Crippen LogP contribution in [0.25, 0.3) is 0 Å². The summed E-state index contributed by atoms with van der Waals surface area (Å²) >= 11 is 0. The number of nitrogens with zero attached hydrogens (tertiary/aromatic N) is 1. The van der Waals surface area contributed by atoms with Crippen LogP contribution in [-0.4, -0.2) is 11.5 Å². The van der Waals surface area contributed by atoms with Gasteiger partial charge in [-0.1, -0.05) is 32.4 Å². The molecule has 1 aromatic heterocycles. The zero-order valence-corrected chi connectivity index (χ0v) is 12.5. The minimum atomic E-state index is -0.353. The number of halogens is 1.